The van der Waals surface area contributed by atoms with E-state index in [9.17, 15) is 4.79 Å². The number of furan rings is 1. The summed E-state index contributed by atoms with van der Waals surface area (Å²) in [6.45, 7) is 4.89. The Kier molecular flexibility index (Phi) is 6.56. The van der Waals surface area contributed by atoms with Crippen LogP contribution in [0.5, 0.6) is 5.75 Å². The molecule has 170 valence electrons. The lowest BCUT2D eigenvalue weighted by molar-refractivity contribution is 0.0918. The van der Waals surface area contributed by atoms with Crippen LogP contribution in [0.4, 0.5) is 0 Å². The number of hydrogen-bond acceptors (Lipinski definition) is 4. The fourth-order valence-corrected chi connectivity index (χ4v) is 3.84. The van der Waals surface area contributed by atoms with Gasteiger partial charge in [0.1, 0.15) is 18.1 Å². The second-order valence-electron chi connectivity index (χ2n) is 8.32. The largest absolute Gasteiger partial charge is 0.486 e. The highest BCUT2D eigenvalue weighted by Gasteiger charge is 2.22. The van der Waals surface area contributed by atoms with E-state index < -0.39 is 0 Å². The topological polar surface area (TPSA) is 69.3 Å². The number of rotatable bonds is 8. The molecular weight excluding hydrogens is 438 g/mol. The third-order valence-corrected chi connectivity index (χ3v) is 6.08. The zero-order valence-corrected chi connectivity index (χ0v) is 19.6. The van der Waals surface area contributed by atoms with E-state index in [0.717, 1.165) is 11.4 Å². The second-order valence-corrected chi connectivity index (χ2v) is 8.72. The Bertz CT molecular complexity index is 1210. The Morgan fingerprint density at radius 2 is 1.76 bits per heavy atom. The summed E-state index contributed by atoms with van der Waals surface area (Å²) in [5.74, 6) is 1.18. The number of amides is 1. The van der Waals surface area contributed by atoms with Crippen LogP contribution in [0.15, 0.2) is 77.3 Å². The predicted octanol–water partition coefficient (Wildman–Crippen LogP) is 5.50. The summed E-state index contributed by atoms with van der Waals surface area (Å²) in [4.78, 5) is 12.4. The Hall–Kier alpha value is -3.51. The highest BCUT2D eigenvalue weighted by molar-refractivity contribution is 6.31. The summed E-state index contributed by atoms with van der Waals surface area (Å²) in [6.07, 6.45) is 1.54. The number of aromatic nitrogens is 2. The molecule has 2 aromatic heterocycles. The molecule has 1 N–H and O–H groups in total. The molecule has 0 atom stereocenters. The lowest BCUT2D eigenvalue weighted by Gasteiger charge is -2.26. The summed E-state index contributed by atoms with van der Waals surface area (Å²) >= 11 is 6.07. The molecule has 0 fully saturated rings. The highest BCUT2D eigenvalue weighted by atomic mass is 35.5. The Morgan fingerprint density at radius 3 is 2.42 bits per heavy atom. The minimum atomic E-state index is -0.328. The van der Waals surface area contributed by atoms with Crippen molar-refractivity contribution in [2.24, 2.45) is 7.05 Å². The molecule has 4 rings (SSSR count). The molecule has 33 heavy (non-hydrogen) atoms. The van der Waals surface area contributed by atoms with Crippen LogP contribution in [0.3, 0.4) is 0 Å². The first-order chi connectivity index (χ1) is 15.8. The van der Waals surface area contributed by atoms with Crippen molar-refractivity contribution >= 4 is 17.5 Å². The van der Waals surface area contributed by atoms with E-state index in [1.54, 1.807) is 30.1 Å². The SMILES string of the molecule is Cn1ncc(Cl)c1CNC(=O)c1ccc(COc2ccc(C(C)(C)c3ccccc3)cc2)o1. The zero-order valence-electron chi connectivity index (χ0n) is 18.8. The molecule has 0 aliphatic carbocycles. The fourth-order valence-electron chi connectivity index (χ4n) is 3.61. The maximum absolute atomic E-state index is 12.4. The number of aryl methyl sites for hydroxylation is 1. The number of halogens is 1. The summed E-state index contributed by atoms with van der Waals surface area (Å²) in [6, 6.07) is 21.8. The molecule has 0 saturated heterocycles. The molecule has 0 radical (unpaired) electrons. The van der Waals surface area contributed by atoms with E-state index in [2.05, 4.69) is 60.7 Å². The van der Waals surface area contributed by atoms with Crippen molar-refractivity contribution < 1.29 is 13.9 Å². The quantitative estimate of drug-likeness (QED) is 0.374. The van der Waals surface area contributed by atoms with E-state index in [0.29, 0.717) is 10.8 Å². The average molecular weight is 464 g/mol. The van der Waals surface area contributed by atoms with E-state index in [4.69, 9.17) is 20.8 Å². The number of hydrogen-bond donors (Lipinski definition) is 1. The van der Waals surface area contributed by atoms with Gasteiger partial charge >= 0.3 is 0 Å². The number of ether oxygens (including phenoxy) is 1. The van der Waals surface area contributed by atoms with E-state index >= 15 is 0 Å². The first-order valence-electron chi connectivity index (χ1n) is 10.7. The molecule has 2 heterocycles. The fraction of sp³-hybridized carbons (Fsp3) is 0.231. The van der Waals surface area contributed by atoms with Crippen molar-refractivity contribution in [3.8, 4) is 5.75 Å². The van der Waals surface area contributed by atoms with Crippen LogP contribution >= 0.6 is 11.6 Å². The van der Waals surface area contributed by atoms with Gasteiger partial charge in [0.05, 0.1) is 23.5 Å². The number of carbonyl (C=O) groups excluding carboxylic acids is 1. The molecule has 0 aliphatic heterocycles. The van der Waals surface area contributed by atoms with Gasteiger partial charge in [0, 0.05) is 12.5 Å². The first kappa shape index (κ1) is 22.7. The lowest BCUT2D eigenvalue weighted by Crippen LogP contribution is -2.23. The van der Waals surface area contributed by atoms with E-state index in [1.807, 2.05) is 18.2 Å². The lowest BCUT2D eigenvalue weighted by atomic mass is 9.78. The molecule has 0 aliphatic rings. The van der Waals surface area contributed by atoms with Gasteiger partial charge in [-0.15, -0.1) is 0 Å². The Balaban J connectivity index is 1.33. The summed E-state index contributed by atoms with van der Waals surface area (Å²) in [5.41, 5.74) is 3.07. The van der Waals surface area contributed by atoms with Crippen molar-refractivity contribution in [1.29, 1.82) is 0 Å². The van der Waals surface area contributed by atoms with Crippen LogP contribution in [-0.2, 0) is 25.6 Å². The number of nitrogens with zero attached hydrogens (tertiary/aromatic N) is 2. The van der Waals surface area contributed by atoms with Gasteiger partial charge in [-0.1, -0.05) is 67.9 Å². The van der Waals surface area contributed by atoms with Gasteiger partial charge in [0.2, 0.25) is 0 Å². The summed E-state index contributed by atoms with van der Waals surface area (Å²) < 4.78 is 13.1. The van der Waals surface area contributed by atoms with Crippen molar-refractivity contribution in [3.05, 3.63) is 106 Å². The van der Waals surface area contributed by atoms with Gasteiger partial charge in [-0.3, -0.25) is 9.48 Å². The molecule has 0 bridgehead atoms. The molecule has 6 nitrogen and oxygen atoms in total. The maximum atomic E-state index is 12.4. The van der Waals surface area contributed by atoms with Gasteiger partial charge in [0.25, 0.3) is 5.91 Å². The van der Waals surface area contributed by atoms with Crippen LogP contribution in [0.2, 0.25) is 5.02 Å². The van der Waals surface area contributed by atoms with Gasteiger partial charge in [-0.05, 0) is 35.4 Å². The average Bonchev–Trinajstić information content (AvgIpc) is 3.43. The number of nitrogens with one attached hydrogen (secondary N) is 1. The molecule has 0 unspecified atom stereocenters. The number of carbonyl (C=O) groups is 1. The smallest absolute Gasteiger partial charge is 0.287 e. The van der Waals surface area contributed by atoms with Crippen molar-refractivity contribution in [2.45, 2.75) is 32.4 Å². The van der Waals surface area contributed by atoms with Crippen LogP contribution < -0.4 is 10.1 Å². The Labute approximate surface area is 198 Å². The summed E-state index contributed by atoms with van der Waals surface area (Å²) in [5, 5.41) is 7.34. The molecule has 0 spiro atoms. The third kappa shape index (κ3) is 5.12. The van der Waals surface area contributed by atoms with Gasteiger partial charge in [-0.2, -0.15) is 5.10 Å². The van der Waals surface area contributed by atoms with Crippen LogP contribution in [-0.4, -0.2) is 15.7 Å². The third-order valence-electron chi connectivity index (χ3n) is 5.77. The van der Waals surface area contributed by atoms with E-state index in [-0.39, 0.29) is 30.2 Å². The van der Waals surface area contributed by atoms with Crippen molar-refractivity contribution in [2.75, 3.05) is 0 Å². The molecule has 0 saturated carbocycles. The van der Waals surface area contributed by atoms with Gasteiger partial charge in [-0.25, -0.2) is 0 Å². The van der Waals surface area contributed by atoms with Crippen LogP contribution in [0.1, 0.15) is 47.0 Å². The predicted molar refractivity (Wildman–Crippen MR) is 127 cm³/mol. The molecule has 1 amide bonds. The maximum Gasteiger partial charge on any atom is 0.287 e. The number of benzene rings is 2. The van der Waals surface area contributed by atoms with Crippen molar-refractivity contribution in [1.82, 2.24) is 15.1 Å². The molecule has 7 heteroatoms. The molecule has 2 aromatic carbocycles. The molecule has 4 aromatic rings. The van der Waals surface area contributed by atoms with Gasteiger partial charge in [0.15, 0.2) is 5.76 Å². The van der Waals surface area contributed by atoms with E-state index in [1.165, 1.54) is 11.1 Å². The van der Waals surface area contributed by atoms with Crippen molar-refractivity contribution in [3.63, 3.8) is 0 Å². The van der Waals surface area contributed by atoms with Crippen LogP contribution in [0, 0.1) is 0 Å². The standard InChI is InChI=1S/C26H26ClN3O3/c1-26(2,18-7-5-4-6-8-18)19-9-11-20(12-10-19)32-17-21-13-14-24(33-21)25(31)28-16-23-22(27)15-29-30(23)3/h4-15H,16-17H2,1-3H3,(H,28,31). The minimum Gasteiger partial charge on any atom is -0.486 e. The first-order valence-corrected chi connectivity index (χ1v) is 11.0. The molecular formula is C26H26ClN3O3. The monoisotopic (exact) mass is 463 g/mol. The zero-order chi connectivity index (χ0) is 23.4. The normalized spacial score (nSPS) is 11.4. The van der Waals surface area contributed by atoms with Gasteiger partial charge < -0.3 is 14.5 Å². The minimum absolute atomic E-state index is 0.108. The highest BCUT2D eigenvalue weighted by Crippen LogP contribution is 2.32. The summed E-state index contributed by atoms with van der Waals surface area (Å²) in [7, 11) is 1.77. The Morgan fingerprint density at radius 1 is 1.06 bits per heavy atom. The van der Waals surface area contributed by atoms with Crippen LogP contribution in [0.25, 0.3) is 0 Å². The second kappa shape index (κ2) is 9.55.